The first-order chi connectivity index (χ1) is 6.66. The predicted octanol–water partition coefficient (Wildman–Crippen LogP) is 3.15. The Hall–Kier alpha value is -0.410. The molecule has 1 N–H and O–H groups in total. The second kappa shape index (κ2) is 3.99. The van der Waals surface area contributed by atoms with Gasteiger partial charge in [0.1, 0.15) is 5.82 Å². The van der Waals surface area contributed by atoms with E-state index in [1.165, 1.54) is 12.8 Å². The van der Waals surface area contributed by atoms with Crippen molar-refractivity contribution < 1.29 is 4.39 Å². The molecule has 0 saturated heterocycles. The van der Waals surface area contributed by atoms with Gasteiger partial charge in [0.05, 0.1) is 0 Å². The molecule has 3 heteroatoms. The van der Waals surface area contributed by atoms with Crippen LogP contribution in [-0.4, -0.2) is 6.04 Å². The molecule has 1 aromatic rings. The average Bonchev–Trinajstić information content (AvgIpc) is 2.92. The Bertz CT molecular complexity index is 347. The second-order valence-corrected chi connectivity index (χ2v) is 4.70. The van der Waals surface area contributed by atoms with Crippen molar-refractivity contribution in [2.45, 2.75) is 32.4 Å². The van der Waals surface area contributed by atoms with Crippen LogP contribution in [0.1, 0.15) is 24.0 Å². The first-order valence-electron chi connectivity index (χ1n) is 4.84. The van der Waals surface area contributed by atoms with E-state index in [0.29, 0.717) is 11.6 Å². The number of hydrogen-bond acceptors (Lipinski definition) is 1. The molecular formula is C11H13BrFN. The van der Waals surface area contributed by atoms with Crippen LogP contribution in [0.4, 0.5) is 4.39 Å². The molecular weight excluding hydrogens is 245 g/mol. The molecule has 1 aliphatic carbocycles. The summed E-state index contributed by atoms with van der Waals surface area (Å²) in [6.45, 7) is 2.53. The summed E-state index contributed by atoms with van der Waals surface area (Å²) >= 11 is 3.45. The molecule has 0 aliphatic heterocycles. The first kappa shape index (κ1) is 10.1. The smallest absolute Gasteiger partial charge is 0.126 e. The van der Waals surface area contributed by atoms with Crippen molar-refractivity contribution in [2.24, 2.45) is 0 Å². The lowest BCUT2D eigenvalue weighted by molar-refractivity contribution is 0.610. The minimum absolute atomic E-state index is 0.124. The molecule has 14 heavy (non-hydrogen) atoms. The van der Waals surface area contributed by atoms with E-state index < -0.39 is 0 Å². The summed E-state index contributed by atoms with van der Waals surface area (Å²) in [5, 5.41) is 3.36. The van der Waals surface area contributed by atoms with E-state index in [0.717, 1.165) is 16.6 Å². The molecule has 0 unspecified atom stereocenters. The van der Waals surface area contributed by atoms with Gasteiger partial charge in [-0.25, -0.2) is 4.39 Å². The van der Waals surface area contributed by atoms with Gasteiger partial charge in [-0.05, 0) is 43.0 Å². The molecule has 1 nitrogen and oxygen atoms in total. The Balaban J connectivity index is 2.10. The van der Waals surface area contributed by atoms with E-state index in [-0.39, 0.29) is 5.82 Å². The van der Waals surface area contributed by atoms with Gasteiger partial charge in [-0.3, -0.25) is 0 Å². The minimum atomic E-state index is -0.124. The van der Waals surface area contributed by atoms with Crippen LogP contribution in [0.3, 0.4) is 0 Å². The summed E-state index contributed by atoms with van der Waals surface area (Å²) in [7, 11) is 0. The lowest BCUT2D eigenvalue weighted by atomic mass is 10.1. The van der Waals surface area contributed by atoms with Crippen molar-refractivity contribution in [2.75, 3.05) is 0 Å². The molecule has 2 rings (SSSR count). The molecule has 1 aromatic carbocycles. The number of benzene rings is 1. The number of hydrogen-bond donors (Lipinski definition) is 1. The summed E-state index contributed by atoms with van der Waals surface area (Å²) < 4.78 is 14.2. The van der Waals surface area contributed by atoms with Gasteiger partial charge in [-0.2, -0.15) is 0 Å². The maximum absolute atomic E-state index is 13.3. The molecule has 76 valence electrons. The number of halogens is 2. The fraction of sp³-hybridized carbons (Fsp3) is 0.455. The van der Waals surface area contributed by atoms with E-state index in [4.69, 9.17) is 0 Å². The van der Waals surface area contributed by atoms with E-state index in [2.05, 4.69) is 21.2 Å². The van der Waals surface area contributed by atoms with Crippen molar-refractivity contribution in [3.05, 3.63) is 33.5 Å². The van der Waals surface area contributed by atoms with Crippen LogP contribution in [0.2, 0.25) is 0 Å². The molecule has 1 fully saturated rings. The molecule has 0 atom stereocenters. The number of rotatable bonds is 3. The number of aryl methyl sites for hydroxylation is 1. The van der Waals surface area contributed by atoms with Gasteiger partial charge in [-0.15, -0.1) is 0 Å². The lowest BCUT2D eigenvalue weighted by Crippen LogP contribution is -2.15. The third-order valence-electron chi connectivity index (χ3n) is 2.49. The lowest BCUT2D eigenvalue weighted by Gasteiger charge is -2.07. The maximum atomic E-state index is 13.3. The van der Waals surface area contributed by atoms with Gasteiger partial charge in [0.2, 0.25) is 0 Å². The zero-order valence-electron chi connectivity index (χ0n) is 8.11. The molecule has 1 saturated carbocycles. The predicted molar refractivity (Wildman–Crippen MR) is 58.7 cm³/mol. The SMILES string of the molecule is Cc1cc(Br)c(CNC2CC2)cc1F. The fourth-order valence-corrected chi connectivity index (χ4v) is 1.96. The quantitative estimate of drug-likeness (QED) is 0.878. The topological polar surface area (TPSA) is 12.0 Å². The highest BCUT2D eigenvalue weighted by atomic mass is 79.9. The van der Waals surface area contributed by atoms with E-state index in [1.807, 2.05) is 6.07 Å². The van der Waals surface area contributed by atoms with Crippen molar-refractivity contribution in [1.82, 2.24) is 5.32 Å². The summed E-state index contributed by atoms with van der Waals surface area (Å²) in [6.07, 6.45) is 2.51. The molecule has 1 aliphatic rings. The summed E-state index contributed by atoms with van der Waals surface area (Å²) in [4.78, 5) is 0. The monoisotopic (exact) mass is 257 g/mol. The normalized spacial score (nSPS) is 15.9. The summed E-state index contributed by atoms with van der Waals surface area (Å²) in [5.41, 5.74) is 1.69. The van der Waals surface area contributed by atoms with Crippen LogP contribution in [-0.2, 0) is 6.54 Å². The zero-order valence-corrected chi connectivity index (χ0v) is 9.70. The first-order valence-corrected chi connectivity index (χ1v) is 5.64. The Morgan fingerprint density at radius 2 is 2.21 bits per heavy atom. The van der Waals surface area contributed by atoms with Gasteiger partial charge in [0.25, 0.3) is 0 Å². The third kappa shape index (κ3) is 2.34. The van der Waals surface area contributed by atoms with Crippen LogP contribution in [0, 0.1) is 12.7 Å². The van der Waals surface area contributed by atoms with Crippen molar-refractivity contribution in [1.29, 1.82) is 0 Å². The molecule has 0 bridgehead atoms. The van der Waals surface area contributed by atoms with E-state index in [1.54, 1.807) is 13.0 Å². The Labute approximate surface area is 91.8 Å². The summed E-state index contributed by atoms with van der Waals surface area (Å²) in [6, 6.07) is 4.10. The highest BCUT2D eigenvalue weighted by Crippen LogP contribution is 2.23. The van der Waals surface area contributed by atoms with Gasteiger partial charge in [0.15, 0.2) is 0 Å². The highest BCUT2D eigenvalue weighted by Gasteiger charge is 2.20. The van der Waals surface area contributed by atoms with Crippen LogP contribution < -0.4 is 5.32 Å². The van der Waals surface area contributed by atoms with Crippen LogP contribution in [0.25, 0.3) is 0 Å². The Kier molecular flexibility index (Phi) is 2.88. The minimum Gasteiger partial charge on any atom is -0.310 e. The van der Waals surface area contributed by atoms with Gasteiger partial charge in [-0.1, -0.05) is 15.9 Å². The fourth-order valence-electron chi connectivity index (χ4n) is 1.36. The summed E-state index contributed by atoms with van der Waals surface area (Å²) in [5.74, 6) is -0.124. The zero-order chi connectivity index (χ0) is 10.1. The van der Waals surface area contributed by atoms with Gasteiger partial charge < -0.3 is 5.32 Å². The molecule has 0 radical (unpaired) electrons. The Morgan fingerprint density at radius 1 is 1.50 bits per heavy atom. The Morgan fingerprint density at radius 3 is 2.86 bits per heavy atom. The second-order valence-electron chi connectivity index (χ2n) is 3.85. The van der Waals surface area contributed by atoms with Crippen molar-refractivity contribution in [3.8, 4) is 0 Å². The van der Waals surface area contributed by atoms with E-state index >= 15 is 0 Å². The standard InChI is InChI=1S/C11H13BrFN/c1-7-4-10(12)8(5-11(7)13)6-14-9-2-3-9/h4-5,9,14H,2-3,6H2,1H3. The van der Waals surface area contributed by atoms with Crippen LogP contribution in [0.15, 0.2) is 16.6 Å². The largest absolute Gasteiger partial charge is 0.310 e. The van der Waals surface area contributed by atoms with Crippen LogP contribution in [0.5, 0.6) is 0 Å². The highest BCUT2D eigenvalue weighted by molar-refractivity contribution is 9.10. The van der Waals surface area contributed by atoms with Gasteiger partial charge in [0, 0.05) is 17.1 Å². The molecule has 0 spiro atoms. The average molecular weight is 258 g/mol. The van der Waals surface area contributed by atoms with Crippen molar-refractivity contribution in [3.63, 3.8) is 0 Å². The van der Waals surface area contributed by atoms with Gasteiger partial charge >= 0.3 is 0 Å². The van der Waals surface area contributed by atoms with Crippen LogP contribution >= 0.6 is 15.9 Å². The molecule has 0 amide bonds. The molecule has 0 heterocycles. The van der Waals surface area contributed by atoms with E-state index in [9.17, 15) is 4.39 Å². The molecule has 0 aromatic heterocycles. The number of nitrogens with one attached hydrogen (secondary N) is 1. The maximum Gasteiger partial charge on any atom is 0.126 e. The third-order valence-corrected chi connectivity index (χ3v) is 3.22. The van der Waals surface area contributed by atoms with Crippen molar-refractivity contribution >= 4 is 15.9 Å².